The van der Waals surface area contributed by atoms with E-state index in [0.717, 1.165) is 17.7 Å². The van der Waals surface area contributed by atoms with Crippen LogP contribution in [0, 0.1) is 0 Å². The lowest BCUT2D eigenvalue weighted by Gasteiger charge is -2.23. The van der Waals surface area contributed by atoms with Gasteiger partial charge in [-0.05, 0) is 48.4 Å². The van der Waals surface area contributed by atoms with Crippen molar-refractivity contribution in [1.29, 1.82) is 0 Å². The molecule has 2 heterocycles. The van der Waals surface area contributed by atoms with Crippen LogP contribution in [0.15, 0.2) is 71.3 Å². The van der Waals surface area contributed by atoms with Crippen molar-refractivity contribution >= 4 is 35.2 Å². The number of carbonyl (C=O) groups excluding carboxylic acids is 3. The van der Waals surface area contributed by atoms with E-state index in [4.69, 9.17) is 4.42 Å². The Morgan fingerprint density at radius 1 is 1.06 bits per heavy atom. The molecule has 3 amide bonds. The van der Waals surface area contributed by atoms with Gasteiger partial charge in [0.05, 0.1) is 29.8 Å². The van der Waals surface area contributed by atoms with E-state index in [1.807, 2.05) is 25.1 Å². The number of hydrogen-bond donors (Lipinski definition) is 2. The van der Waals surface area contributed by atoms with Crippen LogP contribution >= 0.6 is 11.8 Å². The van der Waals surface area contributed by atoms with Crippen LogP contribution in [-0.2, 0) is 11.3 Å². The number of benzene rings is 2. The fraction of sp³-hybridized carbons (Fsp3) is 0.240. The molecule has 1 aliphatic rings. The molecule has 4 rings (SSSR count). The zero-order valence-electron chi connectivity index (χ0n) is 18.2. The third-order valence-corrected chi connectivity index (χ3v) is 6.54. The third-order valence-electron chi connectivity index (χ3n) is 5.29. The molecular weight excluding hydrogens is 438 g/mol. The third kappa shape index (κ3) is 5.28. The van der Waals surface area contributed by atoms with Gasteiger partial charge in [0.15, 0.2) is 0 Å². The molecule has 0 bridgehead atoms. The van der Waals surface area contributed by atoms with Crippen LogP contribution in [0.3, 0.4) is 0 Å². The molecule has 1 fully saturated rings. The summed E-state index contributed by atoms with van der Waals surface area (Å²) >= 11 is 1.55. The Labute approximate surface area is 196 Å². The first-order valence-corrected chi connectivity index (χ1v) is 11.8. The van der Waals surface area contributed by atoms with Crippen LogP contribution in [0.4, 0.5) is 5.69 Å². The van der Waals surface area contributed by atoms with Gasteiger partial charge in [-0.15, -0.1) is 11.8 Å². The van der Waals surface area contributed by atoms with E-state index in [1.165, 1.54) is 0 Å². The van der Waals surface area contributed by atoms with Crippen LogP contribution in [0.5, 0.6) is 0 Å². The predicted octanol–water partition coefficient (Wildman–Crippen LogP) is 4.45. The Morgan fingerprint density at radius 3 is 2.58 bits per heavy atom. The molecule has 8 heteroatoms. The molecule has 33 heavy (non-hydrogen) atoms. The van der Waals surface area contributed by atoms with Crippen molar-refractivity contribution in [2.75, 3.05) is 17.6 Å². The summed E-state index contributed by atoms with van der Waals surface area (Å²) in [6.07, 6.45) is 2.42. The highest BCUT2D eigenvalue weighted by Gasteiger charge is 2.33. The minimum atomic E-state index is -0.306. The molecule has 1 saturated heterocycles. The number of anilines is 1. The second-order valence-electron chi connectivity index (χ2n) is 7.64. The maximum absolute atomic E-state index is 12.8. The molecule has 1 aromatic heterocycles. The zero-order chi connectivity index (χ0) is 23.2. The summed E-state index contributed by atoms with van der Waals surface area (Å²) in [7, 11) is 0. The van der Waals surface area contributed by atoms with Crippen molar-refractivity contribution < 1.29 is 18.8 Å². The normalized spacial score (nSPS) is 15.5. The van der Waals surface area contributed by atoms with E-state index in [-0.39, 0.29) is 23.1 Å². The number of furan rings is 1. The maximum Gasteiger partial charge on any atom is 0.255 e. The van der Waals surface area contributed by atoms with Gasteiger partial charge in [-0.1, -0.05) is 31.2 Å². The smallest absolute Gasteiger partial charge is 0.255 e. The molecule has 0 unspecified atom stereocenters. The molecule has 2 aromatic carbocycles. The Bertz CT molecular complexity index is 1130. The number of nitrogens with one attached hydrogen (secondary N) is 2. The number of amides is 3. The average Bonchev–Trinajstić information content (AvgIpc) is 3.48. The standard InChI is InChI=1S/C25H25N3O4S/c1-2-13-26-24(31)20-7-3-4-8-21(20)27-23(30)17-9-11-18(12-10-17)25-28(22(29)16-33-25)15-19-6-5-14-32-19/h3-12,14,25H,2,13,15-16H2,1H3,(H,26,31)(H,27,30)/t25-/m0/s1. The molecule has 3 aromatic rings. The van der Waals surface area contributed by atoms with Crippen LogP contribution < -0.4 is 10.6 Å². The highest BCUT2D eigenvalue weighted by molar-refractivity contribution is 8.00. The number of carbonyl (C=O) groups is 3. The molecule has 0 radical (unpaired) electrons. The number of rotatable bonds is 8. The van der Waals surface area contributed by atoms with E-state index in [0.29, 0.717) is 35.7 Å². The van der Waals surface area contributed by atoms with Gasteiger partial charge in [0, 0.05) is 12.1 Å². The van der Waals surface area contributed by atoms with Crippen molar-refractivity contribution in [3.63, 3.8) is 0 Å². The largest absolute Gasteiger partial charge is 0.467 e. The van der Waals surface area contributed by atoms with Gasteiger partial charge < -0.3 is 20.0 Å². The van der Waals surface area contributed by atoms with Crippen LogP contribution in [0.2, 0.25) is 0 Å². The van der Waals surface area contributed by atoms with Gasteiger partial charge in [0.1, 0.15) is 11.1 Å². The molecule has 2 N–H and O–H groups in total. The number of thioether (sulfide) groups is 1. The Hall–Kier alpha value is -3.52. The van der Waals surface area contributed by atoms with Crippen molar-refractivity contribution in [3.05, 3.63) is 89.4 Å². The van der Waals surface area contributed by atoms with Gasteiger partial charge in [-0.3, -0.25) is 14.4 Å². The average molecular weight is 464 g/mol. The maximum atomic E-state index is 12.8. The predicted molar refractivity (Wildman–Crippen MR) is 128 cm³/mol. The Balaban J connectivity index is 1.46. The lowest BCUT2D eigenvalue weighted by atomic mass is 10.1. The van der Waals surface area contributed by atoms with Crippen molar-refractivity contribution in [2.45, 2.75) is 25.3 Å². The molecule has 0 saturated carbocycles. The lowest BCUT2D eigenvalue weighted by Crippen LogP contribution is -2.27. The lowest BCUT2D eigenvalue weighted by molar-refractivity contribution is -0.128. The van der Waals surface area contributed by atoms with Crippen LogP contribution in [0.25, 0.3) is 0 Å². The first-order chi connectivity index (χ1) is 16.1. The second-order valence-corrected chi connectivity index (χ2v) is 8.71. The van der Waals surface area contributed by atoms with Gasteiger partial charge >= 0.3 is 0 Å². The molecule has 170 valence electrons. The topological polar surface area (TPSA) is 91.7 Å². The highest BCUT2D eigenvalue weighted by Crippen LogP contribution is 2.39. The summed E-state index contributed by atoms with van der Waals surface area (Å²) in [5, 5.41) is 5.53. The molecule has 0 spiro atoms. The molecule has 1 atom stereocenters. The van der Waals surface area contributed by atoms with E-state index in [9.17, 15) is 14.4 Å². The summed E-state index contributed by atoms with van der Waals surface area (Å²) in [4.78, 5) is 39.4. The Kier molecular flexibility index (Phi) is 7.14. The fourth-order valence-corrected chi connectivity index (χ4v) is 4.78. The van der Waals surface area contributed by atoms with Gasteiger partial charge in [0.25, 0.3) is 11.8 Å². The SMILES string of the molecule is CCCNC(=O)c1ccccc1NC(=O)c1ccc([C@@H]2SCC(=O)N2Cc2ccco2)cc1. The van der Waals surface area contributed by atoms with E-state index < -0.39 is 0 Å². The number of hydrogen-bond acceptors (Lipinski definition) is 5. The zero-order valence-corrected chi connectivity index (χ0v) is 19.1. The molecule has 0 aliphatic carbocycles. The summed E-state index contributed by atoms with van der Waals surface area (Å²) in [5.74, 6) is 0.669. The minimum absolute atomic E-state index is 0.0566. The minimum Gasteiger partial charge on any atom is -0.467 e. The van der Waals surface area contributed by atoms with E-state index in [1.54, 1.807) is 65.4 Å². The molecular formula is C25H25N3O4S. The van der Waals surface area contributed by atoms with Crippen LogP contribution in [0.1, 0.15) is 50.8 Å². The number of para-hydroxylation sites is 1. The summed E-state index contributed by atoms with van der Waals surface area (Å²) in [6.45, 7) is 2.96. The molecule has 7 nitrogen and oxygen atoms in total. The van der Waals surface area contributed by atoms with Crippen molar-refractivity contribution in [1.82, 2.24) is 10.2 Å². The highest BCUT2D eigenvalue weighted by atomic mass is 32.2. The summed E-state index contributed by atoms with van der Waals surface area (Å²) < 4.78 is 5.40. The van der Waals surface area contributed by atoms with Crippen molar-refractivity contribution in [2.24, 2.45) is 0 Å². The second kappa shape index (κ2) is 10.4. The van der Waals surface area contributed by atoms with Gasteiger partial charge in [-0.25, -0.2) is 0 Å². The number of nitrogens with zero attached hydrogens (tertiary/aromatic N) is 1. The quantitative estimate of drug-likeness (QED) is 0.515. The summed E-state index contributed by atoms with van der Waals surface area (Å²) in [5.41, 5.74) is 2.29. The Morgan fingerprint density at radius 2 is 1.85 bits per heavy atom. The van der Waals surface area contributed by atoms with E-state index in [2.05, 4.69) is 10.6 Å². The van der Waals surface area contributed by atoms with Gasteiger partial charge in [0.2, 0.25) is 5.91 Å². The first kappa shape index (κ1) is 22.7. The van der Waals surface area contributed by atoms with Crippen molar-refractivity contribution in [3.8, 4) is 0 Å². The summed E-state index contributed by atoms with van der Waals surface area (Å²) in [6, 6.07) is 17.8. The monoisotopic (exact) mass is 463 g/mol. The fourth-order valence-electron chi connectivity index (χ4n) is 3.59. The molecule has 1 aliphatic heterocycles. The first-order valence-electron chi connectivity index (χ1n) is 10.8. The van der Waals surface area contributed by atoms with Crippen LogP contribution in [-0.4, -0.2) is 34.9 Å². The van der Waals surface area contributed by atoms with E-state index >= 15 is 0 Å². The van der Waals surface area contributed by atoms with Gasteiger partial charge in [-0.2, -0.15) is 0 Å².